The number of carbonyl (C=O) groups is 12. The van der Waals surface area contributed by atoms with Crippen LogP contribution in [0.15, 0.2) is 60.7 Å². The van der Waals surface area contributed by atoms with Gasteiger partial charge in [-0.1, -0.05) is 116 Å². The molecule has 4 fully saturated rings. The molecular formula is C64H94N12O13. The van der Waals surface area contributed by atoms with Crippen molar-refractivity contribution in [3.05, 3.63) is 71.8 Å². The van der Waals surface area contributed by atoms with Crippen LogP contribution in [-0.2, 0) is 57.5 Å². The van der Waals surface area contributed by atoms with Gasteiger partial charge in [0.2, 0.25) is 66.0 Å². The van der Waals surface area contributed by atoms with E-state index < -0.39 is 136 Å². The standard InChI is InChI=1S/C64H94N12O13/c1-37(2)31-47(70-53(79)45(23-15-27-66-35-77)68-57(83)51(65)39(5)6)59(85)75-29-17-25-49(75)55(81)73-63(33-43(63)41-19-11-9-12-20-41)61(87)72-52(40(7)8)58(84)69-46(24-16-28-67-36-78)54(80)71-48(32-38(3)4)60(86)76-30-18-26-50(76)56(82)74-64(62(88)89)34-44(64)42-21-13-10-14-22-42/h9-14,19-22,35-40,43-52H,15-18,23-34,65H2,1-8H3,(H,66,77)(H,67,78)(H,68,83)(H,69,84)(H,70,79)(H,71,80)(H,72,87)(H,73,81)(H,74,82)(H,88,89)/t43-,44-,45-,46-,47-,48-,49+,50+,51-,52-,63+,64+/m0/s1. The number of benzene rings is 2. The van der Waals surface area contributed by atoms with Crippen molar-refractivity contribution in [2.45, 2.75) is 204 Å². The number of carboxylic acids is 1. The number of amides is 11. The van der Waals surface area contributed by atoms with Gasteiger partial charge in [0, 0.05) is 38.0 Å². The molecule has 4 aliphatic rings. The highest BCUT2D eigenvalue weighted by molar-refractivity contribution is 6.02. The van der Waals surface area contributed by atoms with Gasteiger partial charge in [0.1, 0.15) is 53.4 Å². The molecule has 2 aliphatic heterocycles. The quantitative estimate of drug-likeness (QED) is 0.0343. The number of nitrogens with zero attached hydrogens (tertiary/aromatic N) is 2. The molecule has 25 heteroatoms. The number of nitrogens with one attached hydrogen (secondary N) is 9. The van der Waals surface area contributed by atoms with Crippen molar-refractivity contribution >= 4 is 72.0 Å². The lowest BCUT2D eigenvalue weighted by atomic mass is 9.99. The number of hydrogen-bond donors (Lipinski definition) is 11. The van der Waals surface area contributed by atoms with E-state index in [0.717, 1.165) is 11.1 Å². The highest BCUT2D eigenvalue weighted by Crippen LogP contribution is 2.53. The Hall–Kier alpha value is -7.96. The van der Waals surface area contributed by atoms with Crippen molar-refractivity contribution in [1.82, 2.24) is 57.7 Å². The highest BCUT2D eigenvalue weighted by atomic mass is 16.4. The van der Waals surface area contributed by atoms with Crippen molar-refractivity contribution in [3.8, 4) is 0 Å². The van der Waals surface area contributed by atoms with E-state index in [1.807, 2.05) is 45.9 Å². The fourth-order valence-electron chi connectivity index (χ4n) is 12.2. The highest BCUT2D eigenvalue weighted by Gasteiger charge is 2.64. The molecular weight excluding hydrogens is 1140 g/mol. The van der Waals surface area contributed by atoms with Crippen LogP contribution in [0.3, 0.4) is 0 Å². The maximum Gasteiger partial charge on any atom is 0.330 e. The second-order valence-corrected chi connectivity index (χ2v) is 25.8. The van der Waals surface area contributed by atoms with Crippen molar-refractivity contribution in [2.24, 2.45) is 29.4 Å². The summed E-state index contributed by atoms with van der Waals surface area (Å²) in [6.07, 6.45) is 3.61. The Bertz CT molecular complexity index is 2840. The summed E-state index contributed by atoms with van der Waals surface area (Å²) in [6.45, 7) is 15.1. The van der Waals surface area contributed by atoms with E-state index in [0.29, 0.717) is 32.1 Å². The Balaban J connectivity index is 1.19. The molecule has 0 radical (unpaired) electrons. The molecule has 0 aromatic heterocycles. The van der Waals surface area contributed by atoms with Gasteiger partial charge in [-0.15, -0.1) is 0 Å². The summed E-state index contributed by atoms with van der Waals surface area (Å²) >= 11 is 0. The van der Waals surface area contributed by atoms with Gasteiger partial charge in [-0.05, 0) is 112 Å². The molecule has 11 amide bonds. The molecule has 488 valence electrons. The number of carbonyl (C=O) groups excluding carboxylic acids is 11. The Labute approximate surface area is 521 Å². The Morgan fingerprint density at radius 2 is 0.955 bits per heavy atom. The smallest absolute Gasteiger partial charge is 0.330 e. The summed E-state index contributed by atoms with van der Waals surface area (Å²) in [4.78, 5) is 167. The number of carboxylic acid groups (broad SMARTS) is 1. The van der Waals surface area contributed by atoms with Crippen molar-refractivity contribution in [1.29, 1.82) is 0 Å². The van der Waals surface area contributed by atoms with Gasteiger partial charge in [0.05, 0.1) is 6.04 Å². The first kappa shape index (κ1) is 70.1. The van der Waals surface area contributed by atoms with Gasteiger partial charge in [0.15, 0.2) is 0 Å². The SMILES string of the molecule is CC(C)C[C@H](NC(=O)[C@H](CCCNC=O)NC(=O)[C@@H](NC(=O)[C@@]1(NC(=O)[C@H]2CCCN2C(=O)[C@H](CC(C)C)NC(=O)[C@H](CCCNC=O)NC(=O)[C@@H](N)C(C)C)C[C@H]1c1ccccc1)C(C)C)C(=O)N1CCC[C@@H]1C(=O)N[C@]1(C(=O)O)C[C@H]1c1ccccc1. The maximum atomic E-state index is 15.0. The van der Waals surface area contributed by atoms with Crippen LogP contribution in [-0.4, -0.2) is 172 Å². The summed E-state index contributed by atoms with van der Waals surface area (Å²) in [7, 11) is 0. The first-order valence-electron chi connectivity index (χ1n) is 31.5. The molecule has 89 heavy (non-hydrogen) atoms. The summed E-state index contributed by atoms with van der Waals surface area (Å²) in [6, 6.07) is 9.01. The normalized spacial score (nSPS) is 23.0. The Morgan fingerprint density at radius 3 is 1.36 bits per heavy atom. The van der Waals surface area contributed by atoms with E-state index in [-0.39, 0.29) is 102 Å². The molecule has 0 bridgehead atoms. The van der Waals surface area contributed by atoms with E-state index >= 15 is 4.79 Å². The molecule has 2 heterocycles. The number of hydrogen-bond acceptors (Lipinski definition) is 13. The molecule has 2 aromatic carbocycles. The van der Waals surface area contributed by atoms with Gasteiger partial charge in [0.25, 0.3) is 0 Å². The third-order valence-electron chi connectivity index (χ3n) is 17.4. The molecule has 25 nitrogen and oxygen atoms in total. The minimum Gasteiger partial charge on any atom is -0.479 e. The molecule has 2 aliphatic carbocycles. The molecule has 0 spiro atoms. The van der Waals surface area contributed by atoms with Crippen LogP contribution < -0.4 is 53.6 Å². The zero-order chi connectivity index (χ0) is 65.3. The molecule has 2 saturated heterocycles. The molecule has 0 unspecified atom stereocenters. The van der Waals surface area contributed by atoms with Crippen LogP contribution in [0.5, 0.6) is 0 Å². The topological polar surface area (TPSA) is 366 Å². The van der Waals surface area contributed by atoms with Crippen molar-refractivity contribution < 1.29 is 62.6 Å². The van der Waals surface area contributed by atoms with Crippen LogP contribution in [0, 0.1) is 23.7 Å². The first-order chi connectivity index (χ1) is 42.3. The second kappa shape index (κ2) is 32.0. The zero-order valence-corrected chi connectivity index (χ0v) is 52.6. The van der Waals surface area contributed by atoms with E-state index in [2.05, 4.69) is 47.9 Å². The predicted molar refractivity (Wildman–Crippen MR) is 329 cm³/mol. The average Bonchev–Trinajstić information content (AvgIpc) is 1.62. The third kappa shape index (κ3) is 18.1. The van der Waals surface area contributed by atoms with Gasteiger partial charge >= 0.3 is 5.97 Å². The van der Waals surface area contributed by atoms with Gasteiger partial charge in [-0.2, -0.15) is 0 Å². The number of nitrogens with two attached hydrogens (primary N) is 1. The summed E-state index contributed by atoms with van der Waals surface area (Å²) in [5, 5.41) is 35.3. The molecule has 6 rings (SSSR count). The van der Waals surface area contributed by atoms with E-state index in [4.69, 9.17) is 5.73 Å². The Morgan fingerprint density at radius 1 is 0.551 bits per heavy atom. The van der Waals surface area contributed by atoms with Crippen LogP contribution in [0.1, 0.15) is 155 Å². The summed E-state index contributed by atoms with van der Waals surface area (Å²) < 4.78 is 0. The third-order valence-corrected chi connectivity index (χ3v) is 17.4. The van der Waals surface area contributed by atoms with Gasteiger partial charge < -0.3 is 68.5 Å². The summed E-state index contributed by atoms with van der Waals surface area (Å²) in [5.74, 6) is -9.07. The van der Waals surface area contributed by atoms with Crippen LogP contribution in [0.4, 0.5) is 0 Å². The summed E-state index contributed by atoms with van der Waals surface area (Å²) in [5.41, 5.74) is 4.45. The predicted octanol–water partition coefficient (Wildman–Crippen LogP) is 1.35. The second-order valence-electron chi connectivity index (χ2n) is 25.8. The van der Waals surface area contributed by atoms with Gasteiger partial charge in [-0.3, -0.25) is 52.7 Å². The number of aliphatic carboxylic acids is 1. The van der Waals surface area contributed by atoms with Crippen LogP contribution >= 0.6 is 0 Å². The first-order valence-corrected chi connectivity index (χ1v) is 31.5. The van der Waals surface area contributed by atoms with E-state index in [9.17, 15) is 57.8 Å². The molecule has 12 N–H and O–H groups in total. The largest absolute Gasteiger partial charge is 0.479 e. The Kier molecular flexibility index (Phi) is 25.2. The lowest BCUT2D eigenvalue weighted by Gasteiger charge is -2.32. The van der Waals surface area contributed by atoms with Gasteiger partial charge in [-0.25, -0.2) is 4.79 Å². The lowest BCUT2D eigenvalue weighted by Crippen LogP contribution is -2.62. The van der Waals surface area contributed by atoms with E-state index in [1.54, 1.807) is 70.2 Å². The molecule has 2 saturated carbocycles. The number of likely N-dealkylation sites (tertiary alicyclic amines) is 2. The molecule has 12 atom stereocenters. The van der Waals surface area contributed by atoms with Crippen molar-refractivity contribution in [3.63, 3.8) is 0 Å². The van der Waals surface area contributed by atoms with E-state index in [1.165, 1.54) is 9.80 Å². The average molecular weight is 1240 g/mol. The zero-order valence-electron chi connectivity index (χ0n) is 52.6. The maximum absolute atomic E-state index is 15.0. The minimum absolute atomic E-state index is 0.0207. The van der Waals surface area contributed by atoms with Crippen molar-refractivity contribution in [2.75, 3.05) is 26.2 Å². The van der Waals surface area contributed by atoms with Crippen LogP contribution in [0.25, 0.3) is 0 Å². The lowest BCUT2D eigenvalue weighted by molar-refractivity contribution is -0.146. The minimum atomic E-state index is -1.61. The van der Waals surface area contributed by atoms with Crippen LogP contribution in [0.2, 0.25) is 0 Å². The number of rotatable bonds is 35. The monoisotopic (exact) mass is 1240 g/mol. The fourth-order valence-corrected chi connectivity index (χ4v) is 12.2. The fraction of sp³-hybridized carbons (Fsp3) is 0.625. The molecule has 2 aromatic rings.